The van der Waals surface area contributed by atoms with E-state index in [2.05, 4.69) is 38.1 Å². The Labute approximate surface area is 113 Å². The molecule has 0 saturated carbocycles. The van der Waals surface area contributed by atoms with Gasteiger partial charge in [-0.25, -0.2) is 0 Å². The SMILES string of the molecule is C1CCOC1.CC(C)c1ccccc1.[CH3-].[Li+]. The number of hydrogen-bond donors (Lipinski definition) is 0. The zero-order chi connectivity index (χ0) is 10.2. The smallest absolute Gasteiger partial charge is 0.381 e. The number of benzene rings is 1. The van der Waals surface area contributed by atoms with Crippen LogP contribution in [0.2, 0.25) is 0 Å². The van der Waals surface area contributed by atoms with Gasteiger partial charge in [0.2, 0.25) is 0 Å². The van der Waals surface area contributed by atoms with Gasteiger partial charge in [0.05, 0.1) is 0 Å². The van der Waals surface area contributed by atoms with Crippen LogP contribution in [0.5, 0.6) is 0 Å². The molecule has 0 spiro atoms. The molecule has 1 aromatic carbocycles. The third-order valence-electron chi connectivity index (χ3n) is 2.29. The number of rotatable bonds is 1. The molecule has 1 saturated heterocycles. The van der Waals surface area contributed by atoms with Crippen molar-refractivity contribution in [3.63, 3.8) is 0 Å². The predicted octanol–water partition coefficient (Wildman–Crippen LogP) is 1.06. The van der Waals surface area contributed by atoms with Crippen molar-refractivity contribution >= 4 is 0 Å². The molecule has 0 radical (unpaired) electrons. The molecule has 0 atom stereocenters. The molecule has 2 rings (SSSR count). The molecule has 86 valence electrons. The molecule has 16 heavy (non-hydrogen) atoms. The molecule has 1 aliphatic rings. The Hall–Kier alpha value is -0.223. The minimum atomic E-state index is 0. The molecule has 0 N–H and O–H groups in total. The molecule has 0 aromatic heterocycles. The van der Waals surface area contributed by atoms with Crippen LogP contribution in [0.15, 0.2) is 30.3 Å². The van der Waals surface area contributed by atoms with Crippen molar-refractivity contribution in [1.29, 1.82) is 0 Å². The second-order valence-corrected chi connectivity index (χ2v) is 3.88. The summed E-state index contributed by atoms with van der Waals surface area (Å²) in [5.74, 6) is 0.659. The van der Waals surface area contributed by atoms with Crippen LogP contribution in [-0.2, 0) is 4.74 Å². The summed E-state index contributed by atoms with van der Waals surface area (Å²) in [6, 6.07) is 10.5. The van der Waals surface area contributed by atoms with Crippen LogP contribution in [0.1, 0.15) is 38.2 Å². The largest absolute Gasteiger partial charge is 1.00 e. The van der Waals surface area contributed by atoms with Gasteiger partial charge in [0.25, 0.3) is 0 Å². The first-order valence-corrected chi connectivity index (χ1v) is 5.43. The molecule has 1 fully saturated rings. The van der Waals surface area contributed by atoms with E-state index in [9.17, 15) is 0 Å². The standard InChI is InChI=1S/C9H12.C4H8O.CH3.Li/c1-8(2)9-6-4-3-5-7-9;1-2-4-5-3-1;;/h3-8H,1-2H3;1-4H2;1H3;/q;;-1;+1. The van der Waals surface area contributed by atoms with E-state index >= 15 is 0 Å². The molecule has 2 heteroatoms. The van der Waals surface area contributed by atoms with Gasteiger partial charge in [0, 0.05) is 13.2 Å². The normalized spacial score (nSPS) is 13.2. The zero-order valence-electron chi connectivity index (χ0n) is 11.2. The molecule has 0 unspecified atom stereocenters. The maximum atomic E-state index is 4.94. The zero-order valence-corrected chi connectivity index (χ0v) is 11.2. The molecule has 1 nitrogen and oxygen atoms in total. The Morgan fingerprint density at radius 3 is 1.75 bits per heavy atom. The Bertz CT molecular complexity index is 222. The van der Waals surface area contributed by atoms with Gasteiger partial charge in [0.1, 0.15) is 0 Å². The maximum Gasteiger partial charge on any atom is 1.00 e. The summed E-state index contributed by atoms with van der Waals surface area (Å²) >= 11 is 0. The average Bonchev–Trinajstić information content (AvgIpc) is 2.77. The predicted molar refractivity (Wildman–Crippen MR) is 67.0 cm³/mol. The monoisotopic (exact) mass is 214 g/mol. The fourth-order valence-electron chi connectivity index (χ4n) is 1.35. The van der Waals surface area contributed by atoms with E-state index in [0.717, 1.165) is 13.2 Å². The van der Waals surface area contributed by atoms with Crippen molar-refractivity contribution in [2.45, 2.75) is 32.6 Å². The topological polar surface area (TPSA) is 9.23 Å². The van der Waals surface area contributed by atoms with E-state index in [4.69, 9.17) is 4.74 Å². The average molecular weight is 214 g/mol. The quantitative estimate of drug-likeness (QED) is 0.502. The van der Waals surface area contributed by atoms with E-state index in [1.165, 1.54) is 18.4 Å². The van der Waals surface area contributed by atoms with Crippen LogP contribution in [-0.4, -0.2) is 13.2 Å². The van der Waals surface area contributed by atoms with Gasteiger partial charge in [-0.2, -0.15) is 0 Å². The molecule has 0 aliphatic carbocycles. The molecular weight excluding hydrogens is 191 g/mol. The summed E-state index contributed by atoms with van der Waals surface area (Å²) in [5, 5.41) is 0. The molecular formula is C14H23LiO. The first kappa shape index (κ1) is 18.2. The number of hydrogen-bond acceptors (Lipinski definition) is 1. The molecule has 1 aromatic rings. The second kappa shape index (κ2) is 11.3. The van der Waals surface area contributed by atoms with Crippen molar-refractivity contribution in [2.24, 2.45) is 0 Å². The Morgan fingerprint density at radius 2 is 1.50 bits per heavy atom. The van der Waals surface area contributed by atoms with Crippen LogP contribution < -0.4 is 18.9 Å². The first-order valence-electron chi connectivity index (χ1n) is 5.43. The van der Waals surface area contributed by atoms with E-state index in [1.54, 1.807) is 0 Å². The van der Waals surface area contributed by atoms with E-state index in [-0.39, 0.29) is 26.3 Å². The van der Waals surface area contributed by atoms with Crippen LogP contribution in [0.3, 0.4) is 0 Å². The van der Waals surface area contributed by atoms with Gasteiger partial charge in [-0.15, -0.1) is 0 Å². The third-order valence-corrected chi connectivity index (χ3v) is 2.29. The second-order valence-electron chi connectivity index (χ2n) is 3.88. The van der Waals surface area contributed by atoms with Crippen molar-refractivity contribution in [3.8, 4) is 0 Å². The van der Waals surface area contributed by atoms with Crippen molar-refractivity contribution in [3.05, 3.63) is 43.3 Å². The van der Waals surface area contributed by atoms with Gasteiger partial charge in [-0.3, -0.25) is 0 Å². The van der Waals surface area contributed by atoms with Gasteiger partial charge in [0.15, 0.2) is 0 Å². The van der Waals surface area contributed by atoms with Gasteiger partial charge >= 0.3 is 18.9 Å². The third kappa shape index (κ3) is 7.99. The van der Waals surface area contributed by atoms with Crippen LogP contribution in [0.4, 0.5) is 0 Å². The summed E-state index contributed by atoms with van der Waals surface area (Å²) in [5.41, 5.74) is 1.41. The summed E-state index contributed by atoms with van der Waals surface area (Å²) in [6.45, 7) is 6.41. The summed E-state index contributed by atoms with van der Waals surface area (Å²) in [6.07, 6.45) is 2.56. The summed E-state index contributed by atoms with van der Waals surface area (Å²) in [7, 11) is 0. The van der Waals surface area contributed by atoms with Crippen molar-refractivity contribution < 1.29 is 23.6 Å². The van der Waals surface area contributed by atoms with Gasteiger partial charge in [-0.05, 0) is 24.3 Å². The van der Waals surface area contributed by atoms with E-state index < -0.39 is 0 Å². The molecule has 0 amide bonds. The minimum absolute atomic E-state index is 0. The fraction of sp³-hybridized carbons (Fsp3) is 0.500. The van der Waals surface area contributed by atoms with Crippen LogP contribution >= 0.6 is 0 Å². The minimum Gasteiger partial charge on any atom is -0.381 e. The van der Waals surface area contributed by atoms with Gasteiger partial charge in [-0.1, -0.05) is 44.2 Å². The Morgan fingerprint density at radius 1 is 1.00 bits per heavy atom. The number of ether oxygens (including phenoxy) is 1. The molecule has 1 heterocycles. The fourth-order valence-corrected chi connectivity index (χ4v) is 1.35. The molecule has 1 aliphatic heterocycles. The maximum absolute atomic E-state index is 4.94. The van der Waals surface area contributed by atoms with Crippen molar-refractivity contribution in [2.75, 3.05) is 13.2 Å². The Balaban J connectivity index is 0. The van der Waals surface area contributed by atoms with Crippen LogP contribution in [0.25, 0.3) is 0 Å². The van der Waals surface area contributed by atoms with E-state index in [1.807, 2.05) is 6.07 Å². The Kier molecular flexibility index (Phi) is 12.8. The molecule has 0 bridgehead atoms. The van der Waals surface area contributed by atoms with Crippen LogP contribution in [0, 0.1) is 7.43 Å². The van der Waals surface area contributed by atoms with Crippen molar-refractivity contribution in [1.82, 2.24) is 0 Å². The summed E-state index contributed by atoms with van der Waals surface area (Å²) in [4.78, 5) is 0. The summed E-state index contributed by atoms with van der Waals surface area (Å²) < 4.78 is 4.94. The van der Waals surface area contributed by atoms with E-state index in [0.29, 0.717) is 5.92 Å². The van der Waals surface area contributed by atoms with Gasteiger partial charge < -0.3 is 12.2 Å². The first-order chi connectivity index (χ1) is 6.80.